The van der Waals surface area contributed by atoms with Gasteiger partial charge in [-0.15, -0.1) is 11.3 Å². The lowest BCUT2D eigenvalue weighted by molar-refractivity contribution is -0.0446. The van der Waals surface area contributed by atoms with E-state index in [2.05, 4.69) is 5.10 Å². The second kappa shape index (κ2) is 8.94. The minimum atomic E-state index is -5.85. The number of benzene rings is 2. The standard InChI is InChI=1S/C21H12Cl2F3N3O4S2/c1-10-9-15-18(34-10)17(27-29(15)20(31)16-13(22)3-2-4-14(16)23)11-5-7-12(8-6-11)19(30)28-35(32,33)21(24,25)26/h2-9H,1H3,(H,28,30). The van der Waals surface area contributed by atoms with Crippen LogP contribution in [0.15, 0.2) is 48.5 Å². The zero-order chi connectivity index (χ0) is 25.7. The molecule has 4 rings (SSSR count). The molecule has 4 aromatic rings. The number of hydrogen-bond acceptors (Lipinski definition) is 6. The van der Waals surface area contributed by atoms with Gasteiger partial charge in [-0.3, -0.25) is 9.59 Å². The number of thiophene rings is 1. The van der Waals surface area contributed by atoms with Crippen molar-refractivity contribution in [1.29, 1.82) is 0 Å². The Kier molecular flexibility index (Phi) is 6.43. The fourth-order valence-electron chi connectivity index (χ4n) is 3.20. The largest absolute Gasteiger partial charge is 0.516 e. The smallest absolute Gasteiger partial charge is 0.268 e. The third-order valence-electron chi connectivity index (χ3n) is 4.80. The Bertz CT molecular complexity index is 1570. The van der Waals surface area contributed by atoms with Crippen LogP contribution in [0.25, 0.3) is 21.5 Å². The molecule has 14 heteroatoms. The van der Waals surface area contributed by atoms with Crippen molar-refractivity contribution < 1.29 is 31.2 Å². The molecule has 0 unspecified atom stereocenters. The lowest BCUT2D eigenvalue weighted by Gasteiger charge is -2.09. The molecule has 1 amide bonds. The van der Waals surface area contributed by atoms with Crippen LogP contribution in [0.1, 0.15) is 25.6 Å². The third-order valence-corrected chi connectivity index (χ3v) is 7.54. The highest BCUT2D eigenvalue weighted by molar-refractivity contribution is 7.90. The Morgan fingerprint density at radius 1 is 1.06 bits per heavy atom. The van der Waals surface area contributed by atoms with E-state index in [0.717, 1.165) is 26.4 Å². The molecule has 0 aliphatic carbocycles. The van der Waals surface area contributed by atoms with Gasteiger partial charge in [0.25, 0.3) is 11.8 Å². The number of hydrogen-bond donors (Lipinski definition) is 1. The lowest BCUT2D eigenvalue weighted by atomic mass is 10.1. The van der Waals surface area contributed by atoms with Gasteiger partial charge in [0.15, 0.2) is 0 Å². The van der Waals surface area contributed by atoms with Crippen LogP contribution < -0.4 is 4.72 Å². The molecule has 0 saturated carbocycles. The molecule has 182 valence electrons. The molecular formula is C21H12Cl2F3N3O4S2. The Morgan fingerprint density at radius 3 is 2.23 bits per heavy atom. The highest BCUT2D eigenvalue weighted by atomic mass is 35.5. The molecule has 0 saturated heterocycles. The number of carbonyl (C=O) groups excluding carboxylic acids is 2. The first-order valence-corrected chi connectivity index (χ1v) is 12.6. The van der Waals surface area contributed by atoms with Gasteiger partial charge in [-0.2, -0.15) is 31.4 Å². The third kappa shape index (κ3) is 4.66. The summed E-state index contributed by atoms with van der Waals surface area (Å²) in [6, 6.07) is 11.4. The van der Waals surface area contributed by atoms with E-state index < -0.39 is 27.3 Å². The van der Waals surface area contributed by atoms with E-state index in [4.69, 9.17) is 23.2 Å². The topological polar surface area (TPSA) is 98.1 Å². The molecule has 2 aromatic heterocycles. The van der Waals surface area contributed by atoms with Crippen molar-refractivity contribution in [3.8, 4) is 11.3 Å². The summed E-state index contributed by atoms with van der Waals surface area (Å²) in [5, 5.41) is 4.69. The number of aryl methyl sites for hydroxylation is 1. The summed E-state index contributed by atoms with van der Waals surface area (Å²) in [6.45, 7) is 1.83. The molecule has 7 nitrogen and oxygen atoms in total. The summed E-state index contributed by atoms with van der Waals surface area (Å²) in [7, 11) is -5.85. The van der Waals surface area contributed by atoms with Crippen LogP contribution in [0.3, 0.4) is 0 Å². The Hall–Kier alpha value is -2.93. The molecule has 1 N–H and O–H groups in total. The quantitative estimate of drug-likeness (QED) is 0.347. The zero-order valence-electron chi connectivity index (χ0n) is 17.4. The van der Waals surface area contributed by atoms with Gasteiger partial charge in [-0.1, -0.05) is 41.4 Å². The van der Waals surface area contributed by atoms with Crippen LogP contribution in [-0.2, 0) is 10.0 Å². The molecule has 2 heterocycles. The van der Waals surface area contributed by atoms with E-state index in [1.165, 1.54) is 35.6 Å². The minimum Gasteiger partial charge on any atom is -0.268 e. The number of alkyl halides is 3. The Balaban J connectivity index is 1.73. The van der Waals surface area contributed by atoms with Crippen molar-refractivity contribution in [2.45, 2.75) is 12.4 Å². The molecule has 35 heavy (non-hydrogen) atoms. The maximum Gasteiger partial charge on any atom is 0.516 e. The molecule has 0 bridgehead atoms. The van der Waals surface area contributed by atoms with Gasteiger partial charge < -0.3 is 0 Å². The second-order valence-electron chi connectivity index (χ2n) is 7.19. The average molecular weight is 562 g/mol. The SMILES string of the molecule is Cc1cc2c(s1)c(-c1ccc(C(=O)NS(=O)(=O)C(F)(F)F)cc1)nn2C(=O)c1c(Cl)cccc1Cl. The second-order valence-corrected chi connectivity index (χ2v) is 10.9. The first-order chi connectivity index (χ1) is 16.3. The van der Waals surface area contributed by atoms with E-state index >= 15 is 0 Å². The maximum atomic E-state index is 13.2. The van der Waals surface area contributed by atoms with Gasteiger partial charge in [-0.05, 0) is 37.3 Å². The number of aromatic nitrogens is 2. The van der Waals surface area contributed by atoms with Crippen LogP contribution in [0.5, 0.6) is 0 Å². The number of amides is 1. The van der Waals surface area contributed by atoms with Crippen molar-refractivity contribution in [3.05, 3.63) is 74.6 Å². The summed E-state index contributed by atoms with van der Waals surface area (Å²) in [5.74, 6) is -2.01. The van der Waals surface area contributed by atoms with E-state index in [9.17, 15) is 31.2 Å². The van der Waals surface area contributed by atoms with Crippen molar-refractivity contribution in [1.82, 2.24) is 14.5 Å². The first-order valence-electron chi connectivity index (χ1n) is 9.52. The van der Waals surface area contributed by atoms with Gasteiger partial charge in [0, 0.05) is 16.0 Å². The molecule has 0 fully saturated rings. The lowest BCUT2D eigenvalue weighted by Crippen LogP contribution is -2.40. The van der Waals surface area contributed by atoms with Crippen LogP contribution in [0.2, 0.25) is 10.0 Å². The average Bonchev–Trinajstić information content (AvgIpc) is 3.30. The number of fused-ring (bicyclic) bond motifs is 1. The van der Waals surface area contributed by atoms with Gasteiger partial charge in [0.2, 0.25) is 0 Å². The number of halogens is 5. The van der Waals surface area contributed by atoms with Gasteiger partial charge in [0.1, 0.15) is 5.69 Å². The van der Waals surface area contributed by atoms with Gasteiger partial charge >= 0.3 is 15.5 Å². The molecule has 0 aliphatic heterocycles. The summed E-state index contributed by atoms with van der Waals surface area (Å²) < 4.78 is 62.7. The number of carbonyl (C=O) groups is 2. The number of sulfonamides is 1. The highest BCUT2D eigenvalue weighted by Gasteiger charge is 2.47. The fourth-order valence-corrected chi connectivity index (χ4v) is 5.23. The van der Waals surface area contributed by atoms with E-state index in [1.54, 1.807) is 12.1 Å². The Labute approximate surface area is 210 Å². The summed E-state index contributed by atoms with van der Waals surface area (Å²) in [6.07, 6.45) is 0. The minimum absolute atomic E-state index is 0.0635. The van der Waals surface area contributed by atoms with E-state index in [1.807, 2.05) is 6.92 Å². The van der Waals surface area contributed by atoms with Crippen LogP contribution in [0.4, 0.5) is 13.2 Å². The first kappa shape index (κ1) is 25.2. The number of nitrogens with one attached hydrogen (secondary N) is 1. The van der Waals surface area contributed by atoms with Gasteiger partial charge in [-0.25, -0.2) is 4.72 Å². The summed E-state index contributed by atoms with van der Waals surface area (Å²) >= 11 is 13.7. The zero-order valence-corrected chi connectivity index (χ0v) is 20.5. The van der Waals surface area contributed by atoms with Crippen molar-refractivity contribution >= 4 is 66.6 Å². The maximum absolute atomic E-state index is 13.2. The van der Waals surface area contributed by atoms with E-state index in [0.29, 0.717) is 21.5 Å². The van der Waals surface area contributed by atoms with E-state index in [-0.39, 0.29) is 21.2 Å². The molecule has 0 radical (unpaired) electrons. The fraction of sp³-hybridized carbons (Fsp3) is 0.0952. The van der Waals surface area contributed by atoms with Crippen molar-refractivity contribution in [2.75, 3.05) is 0 Å². The predicted octanol–water partition coefficient (Wildman–Crippen LogP) is 5.65. The molecule has 0 aliphatic rings. The predicted molar refractivity (Wildman–Crippen MR) is 126 cm³/mol. The van der Waals surface area contributed by atoms with Gasteiger partial charge in [0.05, 0.1) is 25.8 Å². The Morgan fingerprint density at radius 2 is 1.66 bits per heavy atom. The molecule has 0 spiro atoms. The van der Waals surface area contributed by atoms with Crippen molar-refractivity contribution in [3.63, 3.8) is 0 Å². The van der Waals surface area contributed by atoms with Crippen LogP contribution >= 0.6 is 34.5 Å². The van der Waals surface area contributed by atoms with Crippen molar-refractivity contribution in [2.24, 2.45) is 0 Å². The summed E-state index contributed by atoms with van der Waals surface area (Å²) in [5.41, 5.74) is -4.60. The van der Waals surface area contributed by atoms with Crippen LogP contribution in [0, 0.1) is 6.92 Å². The summed E-state index contributed by atoms with van der Waals surface area (Å²) in [4.78, 5) is 26.1. The molecule has 0 atom stereocenters. The monoisotopic (exact) mass is 561 g/mol. The molecule has 2 aromatic carbocycles. The number of nitrogens with zero attached hydrogens (tertiary/aromatic N) is 2. The normalized spacial score (nSPS) is 12.2. The highest BCUT2D eigenvalue weighted by Crippen LogP contribution is 2.36. The van der Waals surface area contributed by atoms with Crippen LogP contribution in [-0.4, -0.2) is 35.5 Å². The number of rotatable bonds is 4. The molecular weight excluding hydrogens is 550 g/mol.